The average Bonchev–Trinajstić information content (AvgIpc) is 2.78. The fourth-order valence-corrected chi connectivity index (χ4v) is 4.60. The maximum atomic E-state index is 12.8. The summed E-state index contributed by atoms with van der Waals surface area (Å²) >= 11 is 1.40. The van der Waals surface area contributed by atoms with Gasteiger partial charge in [-0.1, -0.05) is 87.1 Å². The summed E-state index contributed by atoms with van der Waals surface area (Å²) < 4.78 is 28.2. The number of benzene rings is 3. The molecule has 0 aliphatic carbocycles. The summed E-state index contributed by atoms with van der Waals surface area (Å²) in [6.45, 7) is 6.25. The number of hydrogen-bond donors (Lipinski definition) is 2. The van der Waals surface area contributed by atoms with Crippen LogP contribution in [0.25, 0.3) is 0 Å². The van der Waals surface area contributed by atoms with Crippen LogP contribution in [0.15, 0.2) is 94.0 Å². The Kier molecular flexibility index (Phi) is 7.94. The monoisotopic (exact) mass is 480 g/mol. The summed E-state index contributed by atoms with van der Waals surface area (Å²) in [6, 6.07) is 23.8. The van der Waals surface area contributed by atoms with E-state index in [1.165, 1.54) is 18.0 Å². The number of amidine groups is 1. The van der Waals surface area contributed by atoms with Crippen LogP contribution < -0.4 is 10.5 Å². The van der Waals surface area contributed by atoms with Gasteiger partial charge in [0.05, 0.1) is 11.1 Å². The van der Waals surface area contributed by atoms with Gasteiger partial charge in [-0.25, -0.2) is 8.42 Å². The van der Waals surface area contributed by atoms with E-state index >= 15 is 0 Å². The topological polar surface area (TPSA) is 96.9 Å². The first-order valence-corrected chi connectivity index (χ1v) is 12.9. The third kappa shape index (κ3) is 7.47. The van der Waals surface area contributed by atoms with Crippen molar-refractivity contribution in [3.05, 3.63) is 95.6 Å². The molecule has 0 amide bonds. The van der Waals surface area contributed by atoms with Crippen molar-refractivity contribution in [1.82, 2.24) is 0 Å². The van der Waals surface area contributed by atoms with Gasteiger partial charge in [-0.15, -0.1) is 5.10 Å². The minimum atomic E-state index is -3.71. The number of hydrogen-bond acceptors (Lipinski definition) is 5. The number of nitrogens with zero attached hydrogens (tertiary/aromatic N) is 2. The number of anilines is 1. The molecule has 0 aliphatic heterocycles. The van der Waals surface area contributed by atoms with Crippen LogP contribution in [0.1, 0.15) is 37.5 Å². The molecule has 3 aromatic rings. The molecule has 0 radical (unpaired) electrons. The summed E-state index contributed by atoms with van der Waals surface area (Å²) in [4.78, 5) is 0.211. The lowest BCUT2D eigenvalue weighted by Gasteiger charge is -2.19. The Morgan fingerprint density at radius 2 is 1.70 bits per heavy atom. The van der Waals surface area contributed by atoms with E-state index in [-0.39, 0.29) is 10.3 Å². The molecule has 172 valence electrons. The minimum absolute atomic E-state index is 0.0463. The maximum Gasteiger partial charge on any atom is 0.261 e. The Morgan fingerprint density at radius 3 is 2.36 bits per heavy atom. The fourth-order valence-electron chi connectivity index (χ4n) is 2.94. The molecule has 0 unspecified atom stereocenters. The fraction of sp³-hybridized carbons (Fsp3) is 0.200. The number of nitrogens with two attached hydrogens (primary N) is 1. The van der Waals surface area contributed by atoms with Crippen molar-refractivity contribution in [2.75, 3.05) is 4.72 Å². The van der Waals surface area contributed by atoms with E-state index in [0.717, 1.165) is 11.1 Å². The summed E-state index contributed by atoms with van der Waals surface area (Å²) in [5.74, 6) is 0.708. The molecule has 3 N–H and O–H groups in total. The van der Waals surface area contributed by atoms with Crippen LogP contribution in [-0.2, 0) is 21.2 Å². The molecule has 0 aliphatic rings. The molecular weight excluding hydrogens is 452 g/mol. The van der Waals surface area contributed by atoms with E-state index in [1.807, 2.05) is 48.5 Å². The zero-order valence-corrected chi connectivity index (χ0v) is 20.5. The highest BCUT2D eigenvalue weighted by Gasteiger charge is 2.17. The van der Waals surface area contributed by atoms with Crippen molar-refractivity contribution in [3.63, 3.8) is 0 Å². The second-order valence-corrected chi connectivity index (χ2v) is 11.1. The van der Waals surface area contributed by atoms with Crippen molar-refractivity contribution in [2.24, 2.45) is 15.9 Å². The van der Waals surface area contributed by atoms with E-state index in [0.29, 0.717) is 22.2 Å². The first-order chi connectivity index (χ1) is 15.6. The second-order valence-electron chi connectivity index (χ2n) is 8.46. The molecule has 6 nitrogen and oxygen atoms in total. The molecule has 33 heavy (non-hydrogen) atoms. The Balaban J connectivity index is 1.64. The zero-order valence-electron chi connectivity index (χ0n) is 18.9. The van der Waals surface area contributed by atoms with Gasteiger partial charge in [-0.2, -0.15) is 5.10 Å². The normalized spacial score (nSPS) is 12.8. The van der Waals surface area contributed by atoms with Crippen molar-refractivity contribution in [3.8, 4) is 0 Å². The molecule has 0 bridgehead atoms. The molecule has 0 heterocycles. The second kappa shape index (κ2) is 10.7. The molecular formula is C25H28N4O2S2. The Labute approximate surface area is 200 Å². The van der Waals surface area contributed by atoms with Gasteiger partial charge in [-0.3, -0.25) is 4.72 Å². The highest BCUT2D eigenvalue weighted by molar-refractivity contribution is 8.13. The SMILES string of the molecule is CC(C)(C)c1ccc(S(=O)(=O)Nc2cccc(C=NN=C(N)SCc3ccccc3)c2)cc1. The first-order valence-electron chi connectivity index (χ1n) is 10.4. The quantitative estimate of drug-likeness (QED) is 0.270. The largest absolute Gasteiger partial charge is 0.377 e. The maximum absolute atomic E-state index is 12.8. The molecule has 0 spiro atoms. The Bertz CT molecular complexity index is 1230. The van der Waals surface area contributed by atoms with E-state index in [4.69, 9.17) is 5.73 Å². The zero-order chi connectivity index (χ0) is 23.9. The van der Waals surface area contributed by atoms with E-state index in [9.17, 15) is 8.42 Å². The summed E-state index contributed by atoms with van der Waals surface area (Å²) in [6.07, 6.45) is 1.53. The number of nitrogens with one attached hydrogen (secondary N) is 1. The van der Waals surface area contributed by atoms with Crippen molar-refractivity contribution in [1.29, 1.82) is 0 Å². The molecule has 0 atom stereocenters. The molecule has 0 aromatic heterocycles. The van der Waals surface area contributed by atoms with Gasteiger partial charge in [-0.05, 0) is 46.4 Å². The number of sulfonamides is 1. The van der Waals surface area contributed by atoms with Crippen LogP contribution in [0.2, 0.25) is 0 Å². The van der Waals surface area contributed by atoms with Crippen molar-refractivity contribution < 1.29 is 8.42 Å². The standard InChI is InChI=1S/C25H28N4O2S2/c1-25(2,3)21-12-14-23(15-13-21)33(30,31)29-22-11-7-10-20(16-22)17-27-28-24(26)32-18-19-8-5-4-6-9-19/h4-17,29H,18H2,1-3H3,(H2,26,28). The summed E-state index contributed by atoms with van der Waals surface area (Å²) in [5, 5.41) is 8.38. The number of thioether (sulfide) groups is 1. The number of rotatable bonds is 7. The molecule has 0 fully saturated rings. The highest BCUT2D eigenvalue weighted by Crippen LogP contribution is 2.24. The molecule has 0 saturated heterocycles. The minimum Gasteiger partial charge on any atom is -0.377 e. The third-order valence-electron chi connectivity index (χ3n) is 4.76. The van der Waals surface area contributed by atoms with Gasteiger partial charge in [0.1, 0.15) is 0 Å². The highest BCUT2D eigenvalue weighted by atomic mass is 32.2. The predicted molar refractivity (Wildman–Crippen MR) is 139 cm³/mol. The van der Waals surface area contributed by atoms with Gasteiger partial charge in [0.15, 0.2) is 5.17 Å². The van der Waals surface area contributed by atoms with Gasteiger partial charge >= 0.3 is 0 Å². The van der Waals surface area contributed by atoms with E-state index in [2.05, 4.69) is 35.7 Å². The Hall–Kier alpha value is -3.10. The van der Waals surface area contributed by atoms with E-state index in [1.54, 1.807) is 30.3 Å². The van der Waals surface area contributed by atoms with Crippen LogP contribution in [0.4, 0.5) is 5.69 Å². The smallest absolute Gasteiger partial charge is 0.261 e. The first kappa shape index (κ1) is 24.5. The lowest BCUT2D eigenvalue weighted by atomic mass is 9.87. The molecule has 0 saturated carbocycles. The lowest BCUT2D eigenvalue weighted by molar-refractivity contribution is 0.587. The molecule has 8 heteroatoms. The summed E-state index contributed by atoms with van der Waals surface area (Å²) in [5.41, 5.74) is 9.22. The summed E-state index contributed by atoms with van der Waals surface area (Å²) in [7, 11) is -3.71. The lowest BCUT2D eigenvalue weighted by Crippen LogP contribution is -2.15. The third-order valence-corrected chi connectivity index (χ3v) is 7.01. The van der Waals surface area contributed by atoms with Crippen LogP contribution in [0.5, 0.6) is 0 Å². The van der Waals surface area contributed by atoms with Crippen LogP contribution in [-0.4, -0.2) is 19.8 Å². The molecule has 3 aromatic carbocycles. The predicted octanol–water partition coefficient (Wildman–Crippen LogP) is 5.37. The van der Waals surface area contributed by atoms with Crippen LogP contribution in [0.3, 0.4) is 0 Å². The van der Waals surface area contributed by atoms with E-state index < -0.39 is 10.0 Å². The van der Waals surface area contributed by atoms with Crippen LogP contribution in [0, 0.1) is 0 Å². The van der Waals surface area contributed by atoms with Crippen molar-refractivity contribution in [2.45, 2.75) is 36.8 Å². The van der Waals surface area contributed by atoms with Gasteiger partial charge in [0.2, 0.25) is 0 Å². The van der Waals surface area contributed by atoms with Gasteiger partial charge in [0, 0.05) is 11.4 Å². The van der Waals surface area contributed by atoms with Gasteiger partial charge in [0.25, 0.3) is 10.0 Å². The average molecular weight is 481 g/mol. The Morgan fingerprint density at radius 1 is 1.00 bits per heavy atom. The molecule has 3 rings (SSSR count). The van der Waals surface area contributed by atoms with Gasteiger partial charge < -0.3 is 5.73 Å². The van der Waals surface area contributed by atoms with Crippen molar-refractivity contribution >= 4 is 38.9 Å². The van der Waals surface area contributed by atoms with Crippen LogP contribution >= 0.6 is 11.8 Å².